The molecule has 0 bridgehead atoms. The number of nitrogens with two attached hydrogens (primary N) is 1. The van der Waals surface area contributed by atoms with Crippen LogP contribution in [0.25, 0.3) is 0 Å². The minimum Gasteiger partial charge on any atom is -0.326 e. The van der Waals surface area contributed by atoms with E-state index in [9.17, 15) is 9.00 Å². The van der Waals surface area contributed by atoms with E-state index in [0.29, 0.717) is 25.1 Å². The first kappa shape index (κ1) is 13.9. The second kappa shape index (κ2) is 7.19. The molecule has 1 rings (SSSR count). The third-order valence-electron chi connectivity index (χ3n) is 2.28. The Labute approximate surface area is 104 Å². The maximum Gasteiger partial charge on any atom is 0.224 e. The summed E-state index contributed by atoms with van der Waals surface area (Å²) in [6.45, 7) is 0.457. The molecule has 1 unspecified atom stereocenters. The summed E-state index contributed by atoms with van der Waals surface area (Å²) in [5.41, 5.74) is 7.26. The van der Waals surface area contributed by atoms with Crippen LogP contribution < -0.4 is 11.1 Å². The number of nitrogens with one attached hydrogen (secondary N) is 1. The minimum absolute atomic E-state index is 0.0513. The van der Waals surface area contributed by atoms with E-state index in [0.717, 1.165) is 11.3 Å². The van der Waals surface area contributed by atoms with Crippen molar-refractivity contribution in [3.8, 4) is 0 Å². The Bertz CT molecular complexity index is 407. The largest absolute Gasteiger partial charge is 0.326 e. The molecule has 1 atom stereocenters. The van der Waals surface area contributed by atoms with E-state index in [1.165, 1.54) is 0 Å². The number of hydrogen-bond acceptors (Lipinski definition) is 3. The molecule has 0 saturated carbocycles. The Kier molecular flexibility index (Phi) is 5.86. The molecule has 0 aromatic heterocycles. The molecule has 1 aromatic rings. The van der Waals surface area contributed by atoms with Gasteiger partial charge in [0, 0.05) is 41.5 Å². The minimum atomic E-state index is -0.830. The predicted octanol–water partition coefficient (Wildman–Crippen LogP) is 1.24. The van der Waals surface area contributed by atoms with Gasteiger partial charge in [0.2, 0.25) is 5.91 Å². The Morgan fingerprint density at radius 1 is 1.47 bits per heavy atom. The van der Waals surface area contributed by atoms with Crippen LogP contribution in [0.1, 0.15) is 18.4 Å². The first-order valence-electron chi connectivity index (χ1n) is 5.50. The summed E-state index contributed by atoms with van der Waals surface area (Å²) in [5.74, 6) is 0.514. The molecular formula is C12H18N2O2S. The molecule has 0 aliphatic heterocycles. The van der Waals surface area contributed by atoms with Crippen LogP contribution in [0.15, 0.2) is 24.3 Å². The maximum absolute atomic E-state index is 11.6. The van der Waals surface area contributed by atoms with E-state index in [1.54, 1.807) is 6.26 Å². The lowest BCUT2D eigenvalue weighted by Crippen LogP contribution is -2.12. The van der Waals surface area contributed by atoms with Gasteiger partial charge < -0.3 is 11.1 Å². The third kappa shape index (κ3) is 5.60. The zero-order chi connectivity index (χ0) is 12.7. The number of anilines is 1. The lowest BCUT2D eigenvalue weighted by Gasteiger charge is -2.06. The summed E-state index contributed by atoms with van der Waals surface area (Å²) in [7, 11) is -0.830. The van der Waals surface area contributed by atoms with Gasteiger partial charge in [0.1, 0.15) is 0 Å². The van der Waals surface area contributed by atoms with Gasteiger partial charge in [0.05, 0.1) is 0 Å². The van der Waals surface area contributed by atoms with Crippen molar-refractivity contribution in [3.63, 3.8) is 0 Å². The van der Waals surface area contributed by atoms with E-state index in [2.05, 4.69) is 5.32 Å². The first-order valence-corrected chi connectivity index (χ1v) is 7.23. The molecule has 1 amide bonds. The molecule has 0 radical (unpaired) electrons. The van der Waals surface area contributed by atoms with Crippen molar-refractivity contribution in [2.75, 3.05) is 17.3 Å². The van der Waals surface area contributed by atoms with Crippen LogP contribution in [0.3, 0.4) is 0 Å². The van der Waals surface area contributed by atoms with Gasteiger partial charge >= 0.3 is 0 Å². The molecule has 5 heteroatoms. The summed E-state index contributed by atoms with van der Waals surface area (Å²) < 4.78 is 10.8. The Morgan fingerprint density at radius 2 is 2.24 bits per heavy atom. The number of hydrogen-bond donors (Lipinski definition) is 2. The van der Waals surface area contributed by atoms with Gasteiger partial charge in [0.25, 0.3) is 0 Å². The van der Waals surface area contributed by atoms with Crippen molar-refractivity contribution < 1.29 is 9.00 Å². The Hall–Kier alpha value is -1.20. The standard InChI is InChI=1S/C12H18N2O2S/c1-17(16)7-3-6-12(15)14-11-5-2-4-10(8-11)9-13/h2,4-5,8H,3,6-7,9,13H2,1H3,(H,14,15). The molecule has 4 nitrogen and oxygen atoms in total. The zero-order valence-corrected chi connectivity index (χ0v) is 10.8. The van der Waals surface area contributed by atoms with Crippen LogP contribution in [0.2, 0.25) is 0 Å². The van der Waals surface area contributed by atoms with Gasteiger partial charge in [0.15, 0.2) is 0 Å². The van der Waals surface area contributed by atoms with Gasteiger partial charge in [-0.25, -0.2) is 0 Å². The van der Waals surface area contributed by atoms with Gasteiger partial charge in [-0.15, -0.1) is 0 Å². The summed E-state index contributed by atoms with van der Waals surface area (Å²) in [5, 5.41) is 2.80. The summed E-state index contributed by atoms with van der Waals surface area (Å²) in [6, 6.07) is 7.46. The maximum atomic E-state index is 11.6. The first-order chi connectivity index (χ1) is 8.11. The number of amides is 1. The highest BCUT2D eigenvalue weighted by molar-refractivity contribution is 7.84. The molecule has 94 valence electrons. The molecule has 17 heavy (non-hydrogen) atoms. The van der Waals surface area contributed by atoms with Gasteiger partial charge in [-0.05, 0) is 24.1 Å². The lowest BCUT2D eigenvalue weighted by atomic mass is 10.2. The normalized spacial score (nSPS) is 12.1. The SMILES string of the molecule is CS(=O)CCCC(=O)Nc1cccc(CN)c1. The molecule has 0 fully saturated rings. The summed E-state index contributed by atoms with van der Waals surface area (Å²) in [4.78, 5) is 11.6. The zero-order valence-electron chi connectivity index (χ0n) is 9.94. The Balaban J connectivity index is 2.42. The average molecular weight is 254 g/mol. The molecule has 0 spiro atoms. The average Bonchev–Trinajstić information content (AvgIpc) is 2.28. The van der Waals surface area contributed by atoms with E-state index in [-0.39, 0.29) is 5.91 Å². The molecule has 0 aliphatic carbocycles. The molecule has 0 saturated heterocycles. The summed E-state index contributed by atoms with van der Waals surface area (Å²) in [6.07, 6.45) is 2.68. The quantitative estimate of drug-likeness (QED) is 0.802. The smallest absolute Gasteiger partial charge is 0.224 e. The van der Waals surface area contributed by atoms with E-state index in [1.807, 2.05) is 24.3 Å². The van der Waals surface area contributed by atoms with Crippen molar-refractivity contribution in [2.24, 2.45) is 5.73 Å². The van der Waals surface area contributed by atoms with E-state index >= 15 is 0 Å². The third-order valence-corrected chi connectivity index (χ3v) is 3.15. The van der Waals surface area contributed by atoms with Crippen LogP contribution in [-0.4, -0.2) is 22.1 Å². The summed E-state index contributed by atoms with van der Waals surface area (Å²) >= 11 is 0. The molecule has 0 heterocycles. The van der Waals surface area contributed by atoms with Crippen LogP contribution in [0.5, 0.6) is 0 Å². The van der Waals surface area contributed by atoms with Crippen LogP contribution in [-0.2, 0) is 22.1 Å². The fraction of sp³-hybridized carbons (Fsp3) is 0.417. The van der Waals surface area contributed by atoms with Crippen molar-refractivity contribution in [2.45, 2.75) is 19.4 Å². The predicted molar refractivity (Wildman–Crippen MR) is 71.1 cm³/mol. The van der Waals surface area contributed by atoms with Crippen molar-refractivity contribution in [1.29, 1.82) is 0 Å². The Morgan fingerprint density at radius 3 is 2.88 bits per heavy atom. The van der Waals surface area contributed by atoms with Crippen LogP contribution in [0, 0.1) is 0 Å². The number of carbonyl (C=O) groups is 1. The van der Waals surface area contributed by atoms with Gasteiger partial charge in [-0.2, -0.15) is 0 Å². The van der Waals surface area contributed by atoms with Crippen LogP contribution in [0.4, 0.5) is 5.69 Å². The monoisotopic (exact) mass is 254 g/mol. The van der Waals surface area contributed by atoms with Gasteiger partial charge in [-0.3, -0.25) is 9.00 Å². The second-order valence-corrected chi connectivity index (χ2v) is 5.39. The lowest BCUT2D eigenvalue weighted by molar-refractivity contribution is -0.116. The fourth-order valence-electron chi connectivity index (χ4n) is 1.44. The van der Waals surface area contributed by atoms with Crippen LogP contribution >= 0.6 is 0 Å². The van der Waals surface area contributed by atoms with Crippen molar-refractivity contribution in [1.82, 2.24) is 0 Å². The highest BCUT2D eigenvalue weighted by Crippen LogP contribution is 2.10. The fourth-order valence-corrected chi connectivity index (χ4v) is 1.99. The highest BCUT2D eigenvalue weighted by atomic mass is 32.2. The van der Waals surface area contributed by atoms with Gasteiger partial charge in [-0.1, -0.05) is 12.1 Å². The van der Waals surface area contributed by atoms with Crippen molar-refractivity contribution in [3.05, 3.63) is 29.8 Å². The second-order valence-electron chi connectivity index (χ2n) is 3.83. The van der Waals surface area contributed by atoms with E-state index < -0.39 is 10.8 Å². The number of benzene rings is 1. The topological polar surface area (TPSA) is 72.2 Å². The number of rotatable bonds is 6. The molecule has 3 N–H and O–H groups in total. The molecular weight excluding hydrogens is 236 g/mol. The number of carbonyl (C=O) groups excluding carboxylic acids is 1. The van der Waals surface area contributed by atoms with E-state index in [4.69, 9.17) is 5.73 Å². The highest BCUT2D eigenvalue weighted by Gasteiger charge is 2.03. The molecule has 1 aromatic carbocycles. The van der Waals surface area contributed by atoms with Crippen molar-refractivity contribution >= 4 is 22.4 Å². The molecule has 0 aliphatic rings.